The number of fused-ring (bicyclic) bond motifs is 1. The molecule has 1 atom stereocenters. The third kappa shape index (κ3) is 3.66. The zero-order valence-corrected chi connectivity index (χ0v) is 18.5. The van der Waals surface area contributed by atoms with Crippen molar-refractivity contribution < 1.29 is 28.3 Å². The lowest BCUT2D eigenvalue weighted by Crippen LogP contribution is -2.44. The van der Waals surface area contributed by atoms with E-state index in [9.17, 15) is 14.3 Å². The van der Waals surface area contributed by atoms with Gasteiger partial charge >= 0.3 is 13.2 Å². The van der Waals surface area contributed by atoms with Crippen LogP contribution < -0.4 is 15.5 Å². The van der Waals surface area contributed by atoms with E-state index in [1.54, 1.807) is 0 Å². The summed E-state index contributed by atoms with van der Waals surface area (Å²) in [4.78, 5) is 11.2. The number of nitrogens with one attached hydrogen (secondary N) is 1. The fourth-order valence-electron chi connectivity index (χ4n) is 3.99. The van der Waals surface area contributed by atoms with Crippen molar-refractivity contribution in [3.05, 3.63) is 58.4 Å². The van der Waals surface area contributed by atoms with Gasteiger partial charge in [-0.3, -0.25) is 0 Å². The van der Waals surface area contributed by atoms with Gasteiger partial charge in [-0.15, -0.1) is 0 Å². The normalized spacial score (nSPS) is 23.4. The molecule has 2 N–H and O–H groups in total. The lowest BCUT2D eigenvalue weighted by atomic mass is 9.73. The molecule has 1 saturated heterocycles. The molecule has 164 valence electrons. The van der Waals surface area contributed by atoms with Gasteiger partial charge in [-0.1, -0.05) is 41.9 Å². The van der Waals surface area contributed by atoms with Crippen LogP contribution >= 0.6 is 11.6 Å². The Balaban J connectivity index is 1.81. The number of amides is 1. The molecule has 9 heteroatoms. The third-order valence-electron chi connectivity index (χ3n) is 6.41. The molecule has 6 nitrogen and oxygen atoms in total. The van der Waals surface area contributed by atoms with Crippen molar-refractivity contribution in [3.63, 3.8) is 0 Å². The number of hydrogen-bond donors (Lipinski definition) is 2. The zero-order chi connectivity index (χ0) is 22.6. The Labute approximate surface area is 185 Å². The third-order valence-corrected chi connectivity index (χ3v) is 6.79. The largest absolute Gasteiger partial charge is 0.496 e. The lowest BCUT2D eigenvalue weighted by Gasteiger charge is -2.32. The van der Waals surface area contributed by atoms with Gasteiger partial charge in [0.15, 0.2) is 5.60 Å². The van der Waals surface area contributed by atoms with E-state index in [1.165, 1.54) is 6.07 Å². The monoisotopic (exact) mass is 447 g/mol. The van der Waals surface area contributed by atoms with Gasteiger partial charge in [0.25, 0.3) is 0 Å². The van der Waals surface area contributed by atoms with E-state index in [1.807, 2.05) is 58.0 Å². The van der Waals surface area contributed by atoms with Crippen molar-refractivity contribution in [1.82, 2.24) is 5.32 Å². The standard InChI is InChI=1S/C22H24BClFNO5/c1-20(2)21(3,4)31-23(30-20)17-14-11-22(12-26-19(27)28,13-8-6-5-7-9-13)29-16(14)10-15(25)18(17)24/h5-10,26H,11-12H2,1-4H3,(H,27,28)/t22-/m1/s1. The van der Waals surface area contributed by atoms with Gasteiger partial charge in [0.05, 0.1) is 22.8 Å². The average Bonchev–Trinajstić information content (AvgIpc) is 3.16. The Morgan fingerprint density at radius 3 is 2.39 bits per heavy atom. The molecule has 2 aliphatic rings. The molecule has 1 amide bonds. The molecule has 0 radical (unpaired) electrons. The number of hydrogen-bond acceptors (Lipinski definition) is 4. The number of rotatable bonds is 4. The van der Waals surface area contributed by atoms with Crippen LogP contribution in [0.1, 0.15) is 38.8 Å². The number of ether oxygens (including phenoxy) is 1. The van der Waals surface area contributed by atoms with E-state index in [-0.39, 0.29) is 18.0 Å². The minimum Gasteiger partial charge on any atom is -0.480 e. The molecule has 0 aromatic heterocycles. The number of benzene rings is 2. The predicted molar refractivity (Wildman–Crippen MR) is 116 cm³/mol. The molecule has 1 fully saturated rings. The smallest absolute Gasteiger partial charge is 0.480 e. The Bertz CT molecular complexity index is 1020. The van der Waals surface area contributed by atoms with E-state index >= 15 is 0 Å². The maximum atomic E-state index is 14.8. The summed E-state index contributed by atoms with van der Waals surface area (Å²) in [5.74, 6) is -0.358. The SMILES string of the molecule is CC1(C)OB(c2c(Cl)c(F)cc3c2C[C@@](CNC(=O)O)(c2ccccc2)O3)OC1(C)C. The summed E-state index contributed by atoms with van der Waals surface area (Å²) in [6, 6.07) is 10.5. The van der Waals surface area contributed by atoms with Crippen molar-refractivity contribution in [2.24, 2.45) is 0 Å². The summed E-state index contributed by atoms with van der Waals surface area (Å²) in [5, 5.41) is 11.5. The van der Waals surface area contributed by atoms with Crippen LogP contribution in [0.5, 0.6) is 5.75 Å². The molecule has 0 bridgehead atoms. The molecule has 0 aliphatic carbocycles. The molecule has 2 aromatic carbocycles. The first-order chi connectivity index (χ1) is 14.5. The van der Waals surface area contributed by atoms with Crippen LogP contribution in [0, 0.1) is 5.82 Å². The molecule has 2 aliphatic heterocycles. The van der Waals surface area contributed by atoms with Crippen molar-refractivity contribution in [1.29, 1.82) is 0 Å². The molecule has 2 aromatic rings. The summed E-state index contributed by atoms with van der Waals surface area (Å²) in [6.07, 6.45) is -0.906. The highest BCUT2D eigenvalue weighted by Gasteiger charge is 2.55. The summed E-state index contributed by atoms with van der Waals surface area (Å²) >= 11 is 6.41. The topological polar surface area (TPSA) is 77.0 Å². The van der Waals surface area contributed by atoms with Gasteiger partial charge < -0.3 is 24.5 Å². The second-order valence-corrected chi connectivity index (χ2v) is 9.33. The molecule has 0 unspecified atom stereocenters. The molecule has 31 heavy (non-hydrogen) atoms. The lowest BCUT2D eigenvalue weighted by molar-refractivity contribution is 0.00578. The first kappa shape index (κ1) is 21.9. The minimum atomic E-state index is -1.18. The molecular weight excluding hydrogens is 424 g/mol. The van der Waals surface area contributed by atoms with Gasteiger partial charge in [0.2, 0.25) is 0 Å². The molecular formula is C22H24BClFNO5. The Hall–Kier alpha value is -2.29. The Kier molecular flexibility index (Phi) is 5.23. The highest BCUT2D eigenvalue weighted by atomic mass is 35.5. The van der Waals surface area contributed by atoms with Crippen molar-refractivity contribution in [3.8, 4) is 5.75 Å². The maximum Gasteiger partial charge on any atom is 0.496 e. The predicted octanol–water partition coefficient (Wildman–Crippen LogP) is 3.88. The fourth-order valence-corrected chi connectivity index (χ4v) is 4.25. The minimum absolute atomic E-state index is 0.0247. The number of halogens is 2. The Morgan fingerprint density at radius 2 is 1.81 bits per heavy atom. The average molecular weight is 448 g/mol. The van der Waals surface area contributed by atoms with Crippen LogP contribution in [0.2, 0.25) is 5.02 Å². The first-order valence-electron chi connectivity index (χ1n) is 10.0. The van der Waals surface area contributed by atoms with E-state index in [0.29, 0.717) is 16.8 Å². The zero-order valence-electron chi connectivity index (χ0n) is 17.8. The van der Waals surface area contributed by atoms with Crippen molar-refractivity contribution in [2.45, 2.75) is 50.9 Å². The van der Waals surface area contributed by atoms with Crippen LogP contribution in [-0.2, 0) is 21.3 Å². The molecule has 0 saturated carbocycles. The van der Waals surface area contributed by atoms with Crippen LogP contribution in [0.3, 0.4) is 0 Å². The van der Waals surface area contributed by atoms with Gasteiger partial charge in [-0.05, 0) is 33.3 Å². The first-order valence-corrected chi connectivity index (χ1v) is 10.4. The van der Waals surface area contributed by atoms with Crippen molar-refractivity contribution >= 4 is 30.3 Å². The summed E-state index contributed by atoms with van der Waals surface area (Å²) < 4.78 is 33.3. The van der Waals surface area contributed by atoms with Crippen LogP contribution in [0.4, 0.5) is 9.18 Å². The van der Waals surface area contributed by atoms with Gasteiger partial charge in [0.1, 0.15) is 11.6 Å². The number of carboxylic acid groups (broad SMARTS) is 1. The van der Waals surface area contributed by atoms with Crippen molar-refractivity contribution in [2.75, 3.05) is 6.54 Å². The summed E-state index contributed by atoms with van der Waals surface area (Å²) in [6.45, 7) is 7.59. The van der Waals surface area contributed by atoms with Crippen LogP contribution in [0.15, 0.2) is 36.4 Å². The summed E-state index contributed by atoms with van der Waals surface area (Å²) in [7, 11) is -0.885. The molecule has 2 heterocycles. The quantitative estimate of drug-likeness (QED) is 0.696. The van der Waals surface area contributed by atoms with E-state index in [2.05, 4.69) is 5.32 Å². The van der Waals surface area contributed by atoms with Crippen LogP contribution in [0.25, 0.3) is 0 Å². The van der Waals surface area contributed by atoms with Crippen LogP contribution in [-0.4, -0.2) is 36.1 Å². The maximum absolute atomic E-state index is 14.8. The number of carbonyl (C=O) groups is 1. The highest BCUT2D eigenvalue weighted by molar-refractivity contribution is 6.66. The van der Waals surface area contributed by atoms with E-state index < -0.39 is 35.8 Å². The van der Waals surface area contributed by atoms with Gasteiger partial charge in [0, 0.05) is 23.5 Å². The molecule has 4 rings (SSSR count). The summed E-state index contributed by atoms with van der Waals surface area (Å²) in [5.41, 5.74) is -0.555. The Morgan fingerprint density at radius 1 is 1.19 bits per heavy atom. The highest BCUT2D eigenvalue weighted by Crippen LogP contribution is 2.44. The molecule has 0 spiro atoms. The fraction of sp³-hybridized carbons (Fsp3) is 0.409. The second-order valence-electron chi connectivity index (χ2n) is 8.95. The van der Waals surface area contributed by atoms with Gasteiger partial charge in [-0.2, -0.15) is 0 Å². The second kappa shape index (κ2) is 7.40. The van der Waals surface area contributed by atoms with E-state index in [4.69, 9.17) is 25.6 Å². The van der Waals surface area contributed by atoms with Gasteiger partial charge in [-0.25, -0.2) is 9.18 Å². The van der Waals surface area contributed by atoms with E-state index in [0.717, 1.165) is 5.56 Å².